The molecule has 0 amide bonds. The summed E-state index contributed by atoms with van der Waals surface area (Å²) in [5.74, 6) is 0. The standard InChI is InChI=1S/C27H19N/c28-18-25(19-8-3-1-4-9-19)27(20-10-5-2-6-11-20)24-17-16-22-15-14-21-12-7-13-23(24)26(21)22/h1-13,16-17H,14-15H2/b27-25+. The van der Waals surface area contributed by atoms with Crippen LogP contribution in [-0.2, 0) is 12.8 Å². The van der Waals surface area contributed by atoms with E-state index in [4.69, 9.17) is 0 Å². The summed E-state index contributed by atoms with van der Waals surface area (Å²) >= 11 is 0. The molecule has 28 heavy (non-hydrogen) atoms. The van der Waals surface area contributed by atoms with Crippen LogP contribution in [0.3, 0.4) is 0 Å². The number of hydrogen-bond acceptors (Lipinski definition) is 1. The maximum atomic E-state index is 10.2. The minimum Gasteiger partial charge on any atom is -0.192 e. The van der Waals surface area contributed by atoms with Crippen LogP contribution in [0.2, 0.25) is 0 Å². The van der Waals surface area contributed by atoms with Gasteiger partial charge in [0, 0.05) is 5.57 Å². The summed E-state index contributed by atoms with van der Waals surface area (Å²) in [5.41, 5.74) is 7.71. The van der Waals surface area contributed by atoms with E-state index in [0.717, 1.165) is 35.1 Å². The van der Waals surface area contributed by atoms with Gasteiger partial charge in [0.25, 0.3) is 0 Å². The predicted molar refractivity (Wildman–Crippen MR) is 116 cm³/mol. The quantitative estimate of drug-likeness (QED) is 0.306. The van der Waals surface area contributed by atoms with Crippen LogP contribution >= 0.6 is 0 Å². The van der Waals surface area contributed by atoms with Crippen molar-refractivity contribution >= 4 is 21.9 Å². The Hall–Kier alpha value is -3.63. The van der Waals surface area contributed by atoms with Crippen LogP contribution in [0.1, 0.15) is 27.8 Å². The second-order valence-electron chi connectivity index (χ2n) is 7.21. The molecular formula is C27H19N. The van der Waals surface area contributed by atoms with Gasteiger partial charge in [-0.1, -0.05) is 91.0 Å². The lowest BCUT2D eigenvalue weighted by Gasteiger charge is -2.16. The monoisotopic (exact) mass is 357 g/mol. The summed E-state index contributed by atoms with van der Waals surface area (Å²) in [6.45, 7) is 0. The van der Waals surface area contributed by atoms with Gasteiger partial charge in [0.15, 0.2) is 0 Å². The molecule has 4 aromatic carbocycles. The minimum atomic E-state index is 0.713. The van der Waals surface area contributed by atoms with Crippen molar-refractivity contribution in [2.45, 2.75) is 12.8 Å². The summed E-state index contributed by atoms with van der Waals surface area (Å²) in [6, 6.07) is 33.8. The first-order valence-electron chi connectivity index (χ1n) is 9.66. The van der Waals surface area contributed by atoms with E-state index < -0.39 is 0 Å². The van der Waals surface area contributed by atoms with Crippen LogP contribution in [-0.4, -0.2) is 0 Å². The van der Waals surface area contributed by atoms with Crippen molar-refractivity contribution in [3.8, 4) is 6.07 Å². The Balaban J connectivity index is 1.89. The molecule has 0 radical (unpaired) electrons. The number of nitrogens with zero attached hydrogens (tertiary/aromatic N) is 1. The van der Waals surface area contributed by atoms with Crippen molar-refractivity contribution in [1.82, 2.24) is 0 Å². The van der Waals surface area contributed by atoms with Crippen LogP contribution in [0.15, 0.2) is 91.0 Å². The second-order valence-corrected chi connectivity index (χ2v) is 7.21. The zero-order chi connectivity index (χ0) is 18.9. The van der Waals surface area contributed by atoms with E-state index in [1.165, 1.54) is 21.9 Å². The van der Waals surface area contributed by atoms with E-state index in [0.29, 0.717) is 5.57 Å². The molecule has 0 saturated carbocycles. The molecule has 0 aromatic heterocycles. The molecular weight excluding hydrogens is 338 g/mol. The van der Waals surface area contributed by atoms with Gasteiger partial charge in [-0.2, -0.15) is 5.26 Å². The van der Waals surface area contributed by atoms with Gasteiger partial charge in [0.05, 0.1) is 5.57 Å². The van der Waals surface area contributed by atoms with E-state index in [9.17, 15) is 5.26 Å². The third kappa shape index (κ3) is 2.63. The third-order valence-electron chi connectivity index (χ3n) is 5.63. The van der Waals surface area contributed by atoms with Gasteiger partial charge >= 0.3 is 0 Å². The van der Waals surface area contributed by atoms with Crippen molar-refractivity contribution in [3.63, 3.8) is 0 Å². The van der Waals surface area contributed by atoms with Crippen molar-refractivity contribution in [1.29, 1.82) is 5.26 Å². The second kappa shape index (κ2) is 6.83. The van der Waals surface area contributed by atoms with Gasteiger partial charge in [0.1, 0.15) is 6.07 Å². The maximum Gasteiger partial charge on any atom is 0.100 e. The van der Waals surface area contributed by atoms with Crippen LogP contribution in [0.25, 0.3) is 21.9 Å². The molecule has 0 atom stereocenters. The smallest absolute Gasteiger partial charge is 0.100 e. The van der Waals surface area contributed by atoms with Crippen LogP contribution in [0, 0.1) is 11.3 Å². The summed E-state index contributed by atoms with van der Waals surface area (Å²) in [5, 5.41) is 12.8. The topological polar surface area (TPSA) is 23.8 Å². The number of allylic oxidation sites excluding steroid dienone is 1. The van der Waals surface area contributed by atoms with Crippen LogP contribution in [0.5, 0.6) is 0 Å². The Kier molecular flexibility index (Phi) is 4.04. The Morgan fingerprint density at radius 1 is 0.643 bits per heavy atom. The fourth-order valence-electron chi connectivity index (χ4n) is 4.37. The molecule has 0 heterocycles. The lowest BCUT2D eigenvalue weighted by Crippen LogP contribution is -1.96. The van der Waals surface area contributed by atoms with E-state index in [-0.39, 0.29) is 0 Å². The molecule has 1 nitrogen and oxygen atoms in total. The zero-order valence-electron chi connectivity index (χ0n) is 15.5. The molecule has 1 heteroatoms. The number of hydrogen-bond donors (Lipinski definition) is 0. The molecule has 1 aliphatic carbocycles. The van der Waals surface area contributed by atoms with Crippen molar-refractivity contribution in [3.05, 3.63) is 119 Å². The normalized spacial score (nSPS) is 13.2. The first-order valence-corrected chi connectivity index (χ1v) is 9.66. The first kappa shape index (κ1) is 16.5. The highest BCUT2D eigenvalue weighted by Crippen LogP contribution is 2.40. The van der Waals surface area contributed by atoms with Gasteiger partial charge in [-0.3, -0.25) is 0 Å². The van der Waals surface area contributed by atoms with Gasteiger partial charge < -0.3 is 0 Å². The SMILES string of the molecule is N#C/C(=C(/c1ccccc1)c1ccc2c3c(cccc13)CC2)c1ccccc1. The number of aryl methyl sites for hydroxylation is 2. The molecule has 0 aliphatic heterocycles. The average molecular weight is 357 g/mol. The fraction of sp³-hybridized carbons (Fsp3) is 0.0741. The number of nitriles is 1. The molecule has 4 aromatic rings. The largest absolute Gasteiger partial charge is 0.192 e. The molecule has 0 fully saturated rings. The minimum absolute atomic E-state index is 0.713. The molecule has 1 aliphatic rings. The van der Waals surface area contributed by atoms with Gasteiger partial charge in [0.2, 0.25) is 0 Å². The average Bonchev–Trinajstić information content (AvgIpc) is 3.19. The number of benzene rings is 4. The Morgan fingerprint density at radius 3 is 1.96 bits per heavy atom. The molecule has 0 unspecified atom stereocenters. The van der Waals surface area contributed by atoms with Gasteiger partial charge in [-0.15, -0.1) is 0 Å². The number of rotatable bonds is 3. The highest BCUT2D eigenvalue weighted by Gasteiger charge is 2.20. The highest BCUT2D eigenvalue weighted by atomic mass is 14.3. The summed E-state index contributed by atoms with van der Waals surface area (Å²) in [6.07, 6.45) is 2.20. The fourth-order valence-corrected chi connectivity index (χ4v) is 4.37. The van der Waals surface area contributed by atoms with Crippen molar-refractivity contribution in [2.75, 3.05) is 0 Å². The Bertz CT molecular complexity index is 1230. The van der Waals surface area contributed by atoms with E-state index in [1.54, 1.807) is 0 Å². The summed E-state index contributed by atoms with van der Waals surface area (Å²) < 4.78 is 0. The molecule has 5 rings (SSSR count). The first-order chi connectivity index (χ1) is 13.9. The van der Waals surface area contributed by atoms with Crippen molar-refractivity contribution in [2.24, 2.45) is 0 Å². The van der Waals surface area contributed by atoms with E-state index in [1.807, 2.05) is 48.5 Å². The molecule has 132 valence electrons. The lowest BCUT2D eigenvalue weighted by atomic mass is 9.86. The van der Waals surface area contributed by atoms with Crippen LogP contribution in [0.4, 0.5) is 0 Å². The zero-order valence-corrected chi connectivity index (χ0v) is 15.5. The summed E-state index contributed by atoms with van der Waals surface area (Å²) in [7, 11) is 0. The van der Waals surface area contributed by atoms with Gasteiger partial charge in [-0.25, -0.2) is 0 Å². The van der Waals surface area contributed by atoms with Crippen LogP contribution < -0.4 is 0 Å². The third-order valence-corrected chi connectivity index (χ3v) is 5.63. The predicted octanol–water partition coefficient (Wildman–Crippen LogP) is 6.42. The highest BCUT2D eigenvalue weighted by molar-refractivity contribution is 6.10. The molecule has 0 N–H and O–H groups in total. The lowest BCUT2D eigenvalue weighted by molar-refractivity contribution is 1.02. The summed E-state index contributed by atoms with van der Waals surface area (Å²) in [4.78, 5) is 0. The Morgan fingerprint density at radius 2 is 1.29 bits per heavy atom. The van der Waals surface area contributed by atoms with E-state index in [2.05, 4.69) is 48.5 Å². The van der Waals surface area contributed by atoms with Gasteiger partial charge in [-0.05, 0) is 51.4 Å². The Labute approximate surface area is 165 Å². The van der Waals surface area contributed by atoms with Crippen molar-refractivity contribution < 1.29 is 0 Å². The molecule has 0 spiro atoms. The maximum absolute atomic E-state index is 10.2. The molecule has 0 saturated heterocycles. The van der Waals surface area contributed by atoms with E-state index >= 15 is 0 Å². The molecule has 0 bridgehead atoms.